The van der Waals surface area contributed by atoms with Gasteiger partial charge in [-0.2, -0.15) is 10.5 Å². The van der Waals surface area contributed by atoms with Crippen LogP contribution in [0.5, 0.6) is 0 Å². The third-order valence-corrected chi connectivity index (χ3v) is 2.44. The van der Waals surface area contributed by atoms with Crippen molar-refractivity contribution < 1.29 is 0 Å². The van der Waals surface area contributed by atoms with Gasteiger partial charge in [0.1, 0.15) is 17.7 Å². The van der Waals surface area contributed by atoms with Gasteiger partial charge in [0.15, 0.2) is 0 Å². The second-order valence-corrected chi connectivity index (χ2v) is 5.09. The highest BCUT2D eigenvalue weighted by atomic mass is 14.3. The quantitative estimate of drug-likeness (QED) is 0.409. The van der Waals surface area contributed by atoms with Crippen LogP contribution in [0.3, 0.4) is 0 Å². The van der Waals surface area contributed by atoms with E-state index in [4.69, 9.17) is 10.5 Å². The average molecular weight is 228 g/mol. The molecule has 0 aliphatic carbocycles. The molecule has 0 aromatic carbocycles. The van der Waals surface area contributed by atoms with Crippen LogP contribution < -0.4 is 0 Å². The zero-order valence-electron chi connectivity index (χ0n) is 11.3. The zero-order chi connectivity index (χ0) is 13.5. The van der Waals surface area contributed by atoms with Crippen molar-refractivity contribution in [3.05, 3.63) is 34.9 Å². The van der Waals surface area contributed by atoms with Crippen LogP contribution in [-0.2, 0) is 0 Å². The van der Waals surface area contributed by atoms with Crippen LogP contribution >= 0.6 is 0 Å². The molecule has 0 N–H and O–H groups in total. The van der Waals surface area contributed by atoms with Crippen molar-refractivity contribution >= 4 is 0 Å². The third-order valence-electron chi connectivity index (χ3n) is 2.44. The molecule has 0 aromatic heterocycles. The average Bonchev–Trinajstić information content (AvgIpc) is 2.26. The molecule has 0 fully saturated rings. The van der Waals surface area contributed by atoms with E-state index < -0.39 is 0 Å². The first-order valence-corrected chi connectivity index (χ1v) is 5.66. The maximum atomic E-state index is 8.73. The van der Waals surface area contributed by atoms with Gasteiger partial charge in [-0.1, -0.05) is 37.6 Å². The smallest absolute Gasteiger partial charge is 0.132 e. The fourth-order valence-corrected chi connectivity index (χ4v) is 1.17. The predicted molar refractivity (Wildman–Crippen MR) is 70.9 cm³/mol. The van der Waals surface area contributed by atoms with Gasteiger partial charge >= 0.3 is 0 Å². The van der Waals surface area contributed by atoms with E-state index in [0.717, 1.165) is 12.0 Å². The summed E-state index contributed by atoms with van der Waals surface area (Å²) < 4.78 is 0. The number of hydrogen-bond donors (Lipinski definition) is 0. The number of rotatable bonds is 4. The number of nitriles is 2. The van der Waals surface area contributed by atoms with Gasteiger partial charge in [0.05, 0.1) is 0 Å². The minimum absolute atomic E-state index is 0.0363. The lowest BCUT2D eigenvalue weighted by Crippen LogP contribution is -2.05. The van der Waals surface area contributed by atoms with Gasteiger partial charge in [-0.3, -0.25) is 0 Å². The Morgan fingerprint density at radius 2 is 1.65 bits per heavy atom. The standard InChI is InChI=1S/C15H20N2/c1-12(2)6-8-15(4,5)9-7-13(3)14(10-16)11-17/h6-7,9H,8H2,1-5H3/b9-7+. The van der Waals surface area contributed by atoms with Gasteiger partial charge in [-0.25, -0.2) is 0 Å². The lowest BCUT2D eigenvalue weighted by atomic mass is 9.87. The van der Waals surface area contributed by atoms with Crippen LogP contribution in [0.15, 0.2) is 34.9 Å². The topological polar surface area (TPSA) is 47.6 Å². The molecule has 90 valence electrons. The van der Waals surface area contributed by atoms with Crippen molar-refractivity contribution in [1.29, 1.82) is 10.5 Å². The van der Waals surface area contributed by atoms with Gasteiger partial charge < -0.3 is 0 Å². The maximum Gasteiger partial charge on any atom is 0.132 e. The molecule has 0 radical (unpaired) electrons. The molecule has 0 rings (SSSR count). The van der Waals surface area contributed by atoms with Crippen LogP contribution in [0, 0.1) is 28.1 Å². The van der Waals surface area contributed by atoms with Gasteiger partial charge in [-0.15, -0.1) is 0 Å². The Labute approximate surface area is 105 Å². The van der Waals surface area contributed by atoms with Crippen molar-refractivity contribution in [2.75, 3.05) is 0 Å². The van der Waals surface area contributed by atoms with E-state index >= 15 is 0 Å². The molecule has 0 amide bonds. The van der Waals surface area contributed by atoms with Gasteiger partial charge in [-0.05, 0) is 38.2 Å². The summed E-state index contributed by atoms with van der Waals surface area (Å²) in [6.07, 6.45) is 7.06. The Bertz CT molecular complexity index is 415. The van der Waals surface area contributed by atoms with E-state index in [1.54, 1.807) is 6.92 Å². The van der Waals surface area contributed by atoms with Crippen molar-refractivity contribution in [3.63, 3.8) is 0 Å². The first-order valence-electron chi connectivity index (χ1n) is 5.66. The summed E-state index contributed by atoms with van der Waals surface area (Å²) in [4.78, 5) is 0. The van der Waals surface area contributed by atoms with E-state index in [-0.39, 0.29) is 11.0 Å². The molecular weight excluding hydrogens is 208 g/mol. The Hall–Kier alpha value is -1.80. The maximum absolute atomic E-state index is 8.73. The number of nitrogens with zero attached hydrogens (tertiary/aromatic N) is 2. The highest BCUT2D eigenvalue weighted by Gasteiger charge is 2.11. The summed E-state index contributed by atoms with van der Waals surface area (Å²) in [5, 5.41) is 17.5. The predicted octanol–water partition coefficient (Wildman–Crippen LogP) is 4.29. The third kappa shape index (κ3) is 6.38. The van der Waals surface area contributed by atoms with Gasteiger partial charge in [0.25, 0.3) is 0 Å². The van der Waals surface area contributed by atoms with E-state index in [9.17, 15) is 0 Å². The Balaban J connectivity index is 4.86. The van der Waals surface area contributed by atoms with Crippen molar-refractivity contribution in [2.45, 2.75) is 41.0 Å². The molecule has 17 heavy (non-hydrogen) atoms. The second kappa shape index (κ2) is 6.71. The van der Waals surface area contributed by atoms with Crippen molar-refractivity contribution in [3.8, 4) is 12.1 Å². The summed E-state index contributed by atoms with van der Waals surface area (Å²) in [6, 6.07) is 3.79. The van der Waals surface area contributed by atoms with E-state index in [1.807, 2.05) is 18.2 Å². The monoisotopic (exact) mass is 228 g/mol. The molecule has 0 atom stereocenters. The molecule has 0 saturated heterocycles. The van der Waals surface area contributed by atoms with Gasteiger partial charge in [0.2, 0.25) is 0 Å². The van der Waals surface area contributed by atoms with Gasteiger partial charge in [0, 0.05) is 0 Å². The summed E-state index contributed by atoms with van der Waals surface area (Å²) in [5.41, 5.74) is 2.24. The Morgan fingerprint density at radius 3 is 2.06 bits per heavy atom. The van der Waals surface area contributed by atoms with E-state index in [2.05, 4.69) is 39.8 Å². The zero-order valence-corrected chi connectivity index (χ0v) is 11.3. The molecule has 0 spiro atoms. The molecule has 0 heterocycles. The van der Waals surface area contributed by atoms with Crippen molar-refractivity contribution in [2.24, 2.45) is 5.41 Å². The molecule has 0 bridgehead atoms. The fraction of sp³-hybridized carbons (Fsp3) is 0.467. The number of hydrogen-bond acceptors (Lipinski definition) is 2. The minimum Gasteiger partial charge on any atom is -0.192 e. The molecule has 0 aliphatic heterocycles. The molecular formula is C15H20N2. The van der Waals surface area contributed by atoms with Crippen molar-refractivity contribution in [1.82, 2.24) is 0 Å². The molecule has 0 aliphatic rings. The van der Waals surface area contributed by atoms with Crippen LogP contribution in [0.2, 0.25) is 0 Å². The molecule has 0 unspecified atom stereocenters. The molecule has 2 nitrogen and oxygen atoms in total. The summed E-state index contributed by atoms with van der Waals surface area (Å²) in [7, 11) is 0. The Morgan fingerprint density at radius 1 is 1.12 bits per heavy atom. The number of allylic oxidation sites excluding steroid dienone is 6. The highest BCUT2D eigenvalue weighted by molar-refractivity contribution is 5.43. The summed E-state index contributed by atoms with van der Waals surface area (Å²) >= 11 is 0. The van der Waals surface area contributed by atoms with Crippen LogP contribution in [0.1, 0.15) is 41.0 Å². The fourth-order valence-electron chi connectivity index (χ4n) is 1.17. The second-order valence-electron chi connectivity index (χ2n) is 5.09. The summed E-state index contributed by atoms with van der Waals surface area (Å²) in [6.45, 7) is 10.2. The lowest BCUT2D eigenvalue weighted by Gasteiger charge is -2.18. The minimum atomic E-state index is 0.0363. The largest absolute Gasteiger partial charge is 0.192 e. The van der Waals surface area contributed by atoms with Crippen LogP contribution in [-0.4, -0.2) is 0 Å². The Kier molecular flexibility index (Phi) is 6.00. The molecule has 2 heteroatoms. The summed E-state index contributed by atoms with van der Waals surface area (Å²) in [5.74, 6) is 0. The van der Waals surface area contributed by atoms with E-state index in [1.165, 1.54) is 5.57 Å². The van der Waals surface area contributed by atoms with Crippen LogP contribution in [0.4, 0.5) is 0 Å². The first kappa shape index (κ1) is 15.2. The molecule has 0 saturated carbocycles. The highest BCUT2D eigenvalue weighted by Crippen LogP contribution is 2.24. The van der Waals surface area contributed by atoms with Crippen LogP contribution in [0.25, 0.3) is 0 Å². The lowest BCUT2D eigenvalue weighted by molar-refractivity contribution is 0.487. The normalized spacial score (nSPS) is 10.5. The van der Waals surface area contributed by atoms with E-state index in [0.29, 0.717) is 0 Å². The first-order chi connectivity index (χ1) is 7.82. The molecule has 0 aromatic rings. The SMILES string of the molecule is CC(C)=CCC(C)(C)/C=C/C(C)=C(C#N)C#N.